The van der Waals surface area contributed by atoms with Crippen molar-refractivity contribution in [3.8, 4) is 11.8 Å². The van der Waals surface area contributed by atoms with E-state index in [0.717, 1.165) is 53.2 Å². The molecule has 1 amide bonds. The second-order valence-corrected chi connectivity index (χ2v) is 11.7. The summed E-state index contributed by atoms with van der Waals surface area (Å²) in [5.74, 6) is 5.03. The number of hydrogen-bond acceptors (Lipinski definition) is 6. The van der Waals surface area contributed by atoms with Crippen molar-refractivity contribution in [3.63, 3.8) is 0 Å². The summed E-state index contributed by atoms with van der Waals surface area (Å²) >= 11 is 0. The van der Waals surface area contributed by atoms with Crippen LogP contribution < -0.4 is 10.9 Å². The van der Waals surface area contributed by atoms with Crippen molar-refractivity contribution in [2.45, 2.75) is 43.8 Å². The average molecular weight is 607 g/mol. The quantitative estimate of drug-likeness (QED) is 0.268. The predicted octanol–water partition coefficient (Wildman–Crippen LogP) is 4.29. The molecule has 45 heavy (non-hydrogen) atoms. The summed E-state index contributed by atoms with van der Waals surface area (Å²) < 4.78 is 17.3. The van der Waals surface area contributed by atoms with Crippen LogP contribution in [-0.2, 0) is 0 Å². The van der Waals surface area contributed by atoms with E-state index < -0.39 is 29.9 Å². The fourth-order valence-electron chi connectivity index (χ4n) is 6.29. The molecule has 1 saturated carbocycles. The maximum Gasteiger partial charge on any atom is 0.264 e. The van der Waals surface area contributed by atoms with E-state index in [4.69, 9.17) is 0 Å². The lowest BCUT2D eigenvalue weighted by molar-refractivity contribution is 0.0956. The molecule has 0 unspecified atom stereocenters. The number of nitrogens with one attached hydrogen (secondary N) is 1. The van der Waals surface area contributed by atoms with Gasteiger partial charge in [0.2, 0.25) is 0 Å². The summed E-state index contributed by atoms with van der Waals surface area (Å²) in [5, 5.41) is 13.6. The Hall–Kier alpha value is -4.85. The topological polar surface area (TPSA) is 105 Å². The summed E-state index contributed by atoms with van der Waals surface area (Å²) in [6.07, 6.45) is 9.70. The van der Waals surface area contributed by atoms with Crippen LogP contribution >= 0.6 is 0 Å². The lowest BCUT2D eigenvalue weighted by Crippen LogP contribution is -2.35. The molecule has 1 fully saturated rings. The molecule has 230 valence electrons. The Morgan fingerprint density at radius 3 is 2.67 bits per heavy atom. The molecule has 6 rings (SSSR count). The zero-order valence-electron chi connectivity index (χ0n) is 25.3. The minimum absolute atomic E-state index is 0.0219. The molecule has 0 aliphatic heterocycles. The van der Waals surface area contributed by atoms with Crippen molar-refractivity contribution >= 4 is 27.8 Å². The number of nitrogens with zero attached hydrogens (tertiary/aromatic N) is 5. The number of halogens is 1. The summed E-state index contributed by atoms with van der Waals surface area (Å²) in [5.41, 5.74) is 3.29. The predicted molar refractivity (Wildman–Crippen MR) is 172 cm³/mol. The Bertz CT molecular complexity index is 1980. The minimum Gasteiger partial charge on any atom is -0.394 e. The van der Waals surface area contributed by atoms with Gasteiger partial charge in [0.15, 0.2) is 0 Å². The van der Waals surface area contributed by atoms with Gasteiger partial charge < -0.3 is 24.5 Å². The van der Waals surface area contributed by atoms with Crippen LogP contribution in [0.4, 0.5) is 4.39 Å². The Kier molecular flexibility index (Phi) is 8.74. The van der Waals surface area contributed by atoms with Gasteiger partial charge in [0.05, 0.1) is 42.8 Å². The third-order valence-electron chi connectivity index (χ3n) is 8.72. The highest BCUT2D eigenvalue weighted by atomic mass is 19.1. The summed E-state index contributed by atoms with van der Waals surface area (Å²) in [6, 6.07) is 14.6. The molecule has 0 radical (unpaired) electrons. The molecule has 0 bridgehead atoms. The van der Waals surface area contributed by atoms with Gasteiger partial charge in [0.25, 0.3) is 11.5 Å². The summed E-state index contributed by atoms with van der Waals surface area (Å²) in [4.78, 5) is 37.7. The maximum atomic E-state index is 13.8. The van der Waals surface area contributed by atoms with Crippen LogP contribution in [0.1, 0.15) is 59.3 Å². The van der Waals surface area contributed by atoms with Gasteiger partial charge in [-0.1, -0.05) is 24.0 Å². The van der Waals surface area contributed by atoms with Crippen LogP contribution in [0.2, 0.25) is 0 Å². The second kappa shape index (κ2) is 13.0. The SMILES string of the molecule is CN(C)C1CCC(n2cnc3cnc4ccc(C#CCNC(=O)c5cccn([C@@H](CO)c6cccc(F)c6)c5=O)cc4c32)CC1. The molecule has 2 N–H and O–H groups in total. The van der Waals surface area contributed by atoms with Gasteiger partial charge >= 0.3 is 0 Å². The van der Waals surface area contributed by atoms with E-state index in [1.165, 1.54) is 35.0 Å². The number of fused-ring (bicyclic) bond motifs is 3. The van der Waals surface area contributed by atoms with Crippen LogP contribution in [0.3, 0.4) is 0 Å². The van der Waals surface area contributed by atoms with E-state index in [0.29, 0.717) is 17.6 Å². The standard InChI is InChI=1S/C35H35FN6O3/c1-40(2)26-11-13-27(14-12-26)42-22-39-31-20-38-30-15-10-23(18-29(30)33(31)42)6-4-16-37-34(44)28-9-5-17-41(35(28)45)32(21-43)24-7-3-8-25(36)19-24/h3,5,7-10,15,17-20,22,26-27,32,43H,11-14,16,21H2,1-2H3,(H,37,44)/t26?,27?,32-/m0/s1. The van der Waals surface area contributed by atoms with Gasteiger partial charge in [-0.15, -0.1) is 0 Å². The first-order valence-electron chi connectivity index (χ1n) is 15.1. The number of hydrogen-bond donors (Lipinski definition) is 2. The molecule has 0 saturated heterocycles. The monoisotopic (exact) mass is 606 g/mol. The van der Waals surface area contributed by atoms with Crippen molar-refractivity contribution in [1.82, 2.24) is 29.3 Å². The average Bonchev–Trinajstić information content (AvgIpc) is 3.49. The number of pyridine rings is 2. The molecule has 1 aliphatic rings. The van der Waals surface area contributed by atoms with Gasteiger partial charge in [-0.25, -0.2) is 9.37 Å². The van der Waals surface area contributed by atoms with Gasteiger partial charge in [0, 0.05) is 29.2 Å². The lowest BCUT2D eigenvalue weighted by Gasteiger charge is -2.33. The van der Waals surface area contributed by atoms with Crippen molar-refractivity contribution in [1.29, 1.82) is 0 Å². The first kappa shape index (κ1) is 30.2. The summed E-state index contributed by atoms with van der Waals surface area (Å²) in [6.45, 7) is -0.417. The van der Waals surface area contributed by atoms with Crippen molar-refractivity contribution < 1.29 is 14.3 Å². The molecule has 1 aliphatic carbocycles. The molecular formula is C35H35FN6O3. The van der Waals surface area contributed by atoms with Crippen molar-refractivity contribution in [2.75, 3.05) is 27.2 Å². The van der Waals surface area contributed by atoms with E-state index >= 15 is 0 Å². The molecule has 1 atom stereocenters. The fourth-order valence-corrected chi connectivity index (χ4v) is 6.29. The van der Waals surface area contributed by atoms with E-state index in [9.17, 15) is 19.1 Å². The number of aromatic nitrogens is 4. The Labute approximate surface area is 260 Å². The third kappa shape index (κ3) is 6.23. The first-order valence-corrected chi connectivity index (χ1v) is 15.1. The summed E-state index contributed by atoms with van der Waals surface area (Å²) in [7, 11) is 4.29. The van der Waals surface area contributed by atoms with E-state index in [1.54, 1.807) is 12.1 Å². The molecule has 5 aromatic rings. The number of aliphatic hydroxyl groups excluding tert-OH is 1. The van der Waals surface area contributed by atoms with E-state index in [2.05, 4.69) is 50.7 Å². The normalized spacial score (nSPS) is 17.3. The van der Waals surface area contributed by atoms with Crippen molar-refractivity contribution in [2.24, 2.45) is 0 Å². The number of amides is 1. The van der Waals surface area contributed by atoms with Gasteiger partial charge in [-0.2, -0.15) is 0 Å². The van der Waals surface area contributed by atoms with E-state index in [1.807, 2.05) is 30.7 Å². The zero-order chi connectivity index (χ0) is 31.5. The largest absolute Gasteiger partial charge is 0.394 e. The molecule has 10 heteroatoms. The fraction of sp³-hybridized carbons (Fsp3) is 0.314. The first-order chi connectivity index (χ1) is 21.8. The van der Waals surface area contributed by atoms with Crippen LogP contribution in [0.25, 0.3) is 21.9 Å². The highest BCUT2D eigenvalue weighted by Gasteiger charge is 2.25. The molecule has 2 aromatic carbocycles. The van der Waals surface area contributed by atoms with Crippen LogP contribution in [0, 0.1) is 17.7 Å². The number of carbonyl (C=O) groups excluding carboxylic acids is 1. The zero-order valence-corrected chi connectivity index (χ0v) is 25.3. The van der Waals surface area contributed by atoms with Crippen LogP contribution in [-0.4, -0.2) is 68.3 Å². The van der Waals surface area contributed by atoms with Crippen LogP contribution in [0.5, 0.6) is 0 Å². The number of carbonyl (C=O) groups is 1. The number of aliphatic hydroxyl groups is 1. The molecule has 0 spiro atoms. The molecule has 3 heterocycles. The Balaban J connectivity index is 1.19. The Morgan fingerprint density at radius 2 is 1.91 bits per heavy atom. The number of benzene rings is 2. The highest BCUT2D eigenvalue weighted by molar-refractivity contribution is 6.02. The van der Waals surface area contributed by atoms with Gasteiger partial charge in [-0.3, -0.25) is 14.6 Å². The number of rotatable bonds is 7. The lowest BCUT2D eigenvalue weighted by atomic mass is 9.90. The minimum atomic E-state index is -0.834. The van der Waals surface area contributed by atoms with Crippen LogP contribution in [0.15, 0.2) is 78.1 Å². The maximum absolute atomic E-state index is 13.8. The highest BCUT2D eigenvalue weighted by Crippen LogP contribution is 2.34. The third-order valence-corrected chi connectivity index (χ3v) is 8.72. The molecule has 3 aromatic heterocycles. The Morgan fingerprint density at radius 1 is 1.09 bits per heavy atom. The van der Waals surface area contributed by atoms with E-state index in [-0.39, 0.29) is 12.1 Å². The molecular weight excluding hydrogens is 571 g/mol. The van der Waals surface area contributed by atoms with Crippen molar-refractivity contribution in [3.05, 3.63) is 106 Å². The second-order valence-electron chi connectivity index (χ2n) is 11.7. The van der Waals surface area contributed by atoms with Gasteiger partial charge in [0.1, 0.15) is 16.9 Å². The molecule has 9 nitrogen and oxygen atoms in total. The van der Waals surface area contributed by atoms with Gasteiger partial charge in [-0.05, 0) is 87.8 Å². The smallest absolute Gasteiger partial charge is 0.264 e. The number of imidazole rings is 1.